The number of rotatable bonds is 4. The van der Waals surface area contributed by atoms with E-state index in [4.69, 9.17) is 4.42 Å². The van der Waals surface area contributed by atoms with Crippen molar-refractivity contribution in [1.29, 1.82) is 0 Å². The summed E-state index contributed by atoms with van der Waals surface area (Å²) in [6.45, 7) is 5.50. The SMILES string of the molecule is c1ccc(-c2nc(CN3CCN(C4CCCCC4)CC3)co2)nc1. The Bertz CT molecular complexity index is 628. The Hall–Kier alpha value is -1.72. The molecule has 24 heavy (non-hydrogen) atoms. The predicted molar refractivity (Wildman–Crippen MR) is 93.5 cm³/mol. The fraction of sp³-hybridized carbons (Fsp3) is 0.579. The monoisotopic (exact) mass is 326 g/mol. The molecule has 2 aliphatic rings. The molecule has 0 amide bonds. The Balaban J connectivity index is 1.30. The zero-order valence-electron chi connectivity index (χ0n) is 14.2. The number of piperazine rings is 1. The Morgan fingerprint density at radius 1 is 1.04 bits per heavy atom. The van der Waals surface area contributed by atoms with E-state index >= 15 is 0 Å². The molecule has 0 spiro atoms. The maximum atomic E-state index is 5.60. The molecule has 0 bridgehead atoms. The van der Waals surface area contributed by atoms with Crippen LogP contribution in [0.2, 0.25) is 0 Å². The summed E-state index contributed by atoms with van der Waals surface area (Å²) >= 11 is 0. The summed E-state index contributed by atoms with van der Waals surface area (Å²) in [6.07, 6.45) is 10.6. The van der Waals surface area contributed by atoms with Crippen molar-refractivity contribution in [2.45, 2.75) is 44.7 Å². The van der Waals surface area contributed by atoms with Crippen LogP contribution in [-0.4, -0.2) is 52.0 Å². The predicted octanol–water partition coefficient (Wildman–Crippen LogP) is 3.19. The van der Waals surface area contributed by atoms with E-state index in [1.54, 1.807) is 12.5 Å². The lowest BCUT2D eigenvalue weighted by Crippen LogP contribution is -2.50. The minimum absolute atomic E-state index is 0.617. The van der Waals surface area contributed by atoms with Crippen LogP contribution in [0.4, 0.5) is 0 Å². The van der Waals surface area contributed by atoms with E-state index in [-0.39, 0.29) is 0 Å². The molecule has 4 rings (SSSR count). The average molecular weight is 326 g/mol. The van der Waals surface area contributed by atoms with Crippen LogP contribution < -0.4 is 0 Å². The molecule has 5 heteroatoms. The minimum atomic E-state index is 0.617. The van der Waals surface area contributed by atoms with Gasteiger partial charge in [0, 0.05) is 45.0 Å². The average Bonchev–Trinajstić information content (AvgIpc) is 3.12. The van der Waals surface area contributed by atoms with Gasteiger partial charge in [-0.1, -0.05) is 25.3 Å². The van der Waals surface area contributed by atoms with Crippen molar-refractivity contribution in [3.8, 4) is 11.6 Å². The Morgan fingerprint density at radius 2 is 1.88 bits per heavy atom. The molecule has 0 radical (unpaired) electrons. The Labute approximate surface area is 143 Å². The van der Waals surface area contributed by atoms with Gasteiger partial charge >= 0.3 is 0 Å². The molecule has 1 saturated carbocycles. The summed E-state index contributed by atoms with van der Waals surface area (Å²) in [5.41, 5.74) is 1.80. The first-order chi connectivity index (χ1) is 11.9. The van der Waals surface area contributed by atoms with E-state index in [1.807, 2.05) is 18.2 Å². The second-order valence-corrected chi connectivity index (χ2v) is 6.96. The highest BCUT2D eigenvalue weighted by Crippen LogP contribution is 2.24. The molecule has 3 heterocycles. The highest BCUT2D eigenvalue weighted by Gasteiger charge is 2.25. The van der Waals surface area contributed by atoms with Gasteiger partial charge in [-0.25, -0.2) is 4.98 Å². The molecule has 1 saturated heterocycles. The first-order valence-corrected chi connectivity index (χ1v) is 9.21. The lowest BCUT2D eigenvalue weighted by atomic mass is 9.94. The largest absolute Gasteiger partial charge is 0.443 e. The second-order valence-electron chi connectivity index (χ2n) is 6.96. The molecular weight excluding hydrogens is 300 g/mol. The summed E-state index contributed by atoms with van der Waals surface area (Å²) in [5, 5.41) is 0. The van der Waals surface area contributed by atoms with Gasteiger partial charge in [0.05, 0.1) is 5.69 Å². The zero-order valence-corrected chi connectivity index (χ0v) is 14.2. The maximum Gasteiger partial charge on any atom is 0.245 e. The molecule has 0 N–H and O–H groups in total. The topological polar surface area (TPSA) is 45.4 Å². The molecule has 128 valence electrons. The van der Waals surface area contributed by atoms with Gasteiger partial charge in [-0.05, 0) is 25.0 Å². The van der Waals surface area contributed by atoms with Gasteiger partial charge < -0.3 is 4.42 Å². The summed E-state index contributed by atoms with van der Waals surface area (Å²) in [6, 6.07) is 6.62. The van der Waals surface area contributed by atoms with Crippen LogP contribution >= 0.6 is 0 Å². The van der Waals surface area contributed by atoms with E-state index in [9.17, 15) is 0 Å². The molecular formula is C19H26N4O. The van der Waals surface area contributed by atoms with Crippen molar-refractivity contribution in [3.63, 3.8) is 0 Å². The quantitative estimate of drug-likeness (QED) is 0.863. The molecule has 0 atom stereocenters. The highest BCUT2D eigenvalue weighted by atomic mass is 16.3. The van der Waals surface area contributed by atoms with Gasteiger partial charge in [0.1, 0.15) is 12.0 Å². The van der Waals surface area contributed by atoms with Crippen LogP contribution in [-0.2, 0) is 6.54 Å². The van der Waals surface area contributed by atoms with Crippen LogP contribution in [0.3, 0.4) is 0 Å². The van der Waals surface area contributed by atoms with E-state index in [0.717, 1.165) is 37.1 Å². The molecule has 1 aliphatic carbocycles. The molecule has 5 nitrogen and oxygen atoms in total. The molecule has 1 aliphatic heterocycles. The fourth-order valence-corrected chi connectivity index (χ4v) is 3.95. The van der Waals surface area contributed by atoms with Crippen molar-refractivity contribution in [2.24, 2.45) is 0 Å². The van der Waals surface area contributed by atoms with E-state index < -0.39 is 0 Å². The summed E-state index contributed by atoms with van der Waals surface area (Å²) in [5.74, 6) is 0.617. The van der Waals surface area contributed by atoms with Gasteiger partial charge in [0.2, 0.25) is 5.89 Å². The van der Waals surface area contributed by atoms with Crippen molar-refractivity contribution in [3.05, 3.63) is 36.4 Å². The van der Waals surface area contributed by atoms with Crippen LogP contribution in [0, 0.1) is 0 Å². The Morgan fingerprint density at radius 3 is 2.62 bits per heavy atom. The van der Waals surface area contributed by atoms with E-state index in [1.165, 1.54) is 45.2 Å². The van der Waals surface area contributed by atoms with E-state index in [2.05, 4.69) is 19.8 Å². The second kappa shape index (κ2) is 7.45. The number of oxazole rings is 1. The first kappa shape index (κ1) is 15.8. The van der Waals surface area contributed by atoms with Gasteiger partial charge in [-0.2, -0.15) is 0 Å². The van der Waals surface area contributed by atoms with Crippen LogP contribution in [0.15, 0.2) is 35.1 Å². The number of hydrogen-bond donors (Lipinski definition) is 0. The number of nitrogens with zero attached hydrogens (tertiary/aromatic N) is 4. The molecule has 2 aromatic heterocycles. The van der Waals surface area contributed by atoms with Gasteiger partial charge in [0.25, 0.3) is 0 Å². The van der Waals surface area contributed by atoms with Crippen LogP contribution in [0.5, 0.6) is 0 Å². The van der Waals surface area contributed by atoms with Crippen molar-refractivity contribution in [1.82, 2.24) is 19.8 Å². The van der Waals surface area contributed by atoms with Crippen molar-refractivity contribution >= 4 is 0 Å². The number of pyridine rings is 1. The third kappa shape index (κ3) is 3.68. The first-order valence-electron chi connectivity index (χ1n) is 9.21. The van der Waals surface area contributed by atoms with Crippen molar-refractivity contribution < 1.29 is 4.42 Å². The Kier molecular flexibility index (Phi) is 4.90. The minimum Gasteiger partial charge on any atom is -0.443 e. The molecule has 0 unspecified atom stereocenters. The third-order valence-electron chi connectivity index (χ3n) is 5.32. The third-order valence-corrected chi connectivity index (χ3v) is 5.32. The zero-order chi connectivity index (χ0) is 16.2. The van der Waals surface area contributed by atoms with E-state index in [0.29, 0.717) is 5.89 Å². The standard InChI is InChI=1S/C19H26N4O/c1-2-6-17(7-3-1)23-12-10-22(11-13-23)14-16-15-24-19(21-16)18-8-4-5-9-20-18/h4-5,8-9,15,17H,1-3,6-7,10-14H2. The van der Waals surface area contributed by atoms with Crippen LogP contribution in [0.1, 0.15) is 37.8 Å². The smallest absolute Gasteiger partial charge is 0.245 e. The summed E-state index contributed by atoms with van der Waals surface area (Å²) < 4.78 is 5.60. The van der Waals surface area contributed by atoms with Crippen LogP contribution in [0.25, 0.3) is 11.6 Å². The summed E-state index contributed by atoms with van der Waals surface area (Å²) in [7, 11) is 0. The lowest BCUT2D eigenvalue weighted by molar-refractivity contribution is 0.0749. The maximum absolute atomic E-state index is 5.60. The summed E-state index contributed by atoms with van der Waals surface area (Å²) in [4.78, 5) is 14.1. The van der Waals surface area contributed by atoms with Crippen molar-refractivity contribution in [2.75, 3.05) is 26.2 Å². The van der Waals surface area contributed by atoms with Gasteiger partial charge in [-0.15, -0.1) is 0 Å². The molecule has 0 aromatic carbocycles. The number of hydrogen-bond acceptors (Lipinski definition) is 5. The highest BCUT2D eigenvalue weighted by molar-refractivity contribution is 5.46. The normalized spacial score (nSPS) is 21.2. The molecule has 2 fully saturated rings. The van der Waals surface area contributed by atoms with Gasteiger partial charge in [-0.3, -0.25) is 14.8 Å². The number of aromatic nitrogens is 2. The van der Waals surface area contributed by atoms with Gasteiger partial charge in [0.15, 0.2) is 0 Å². The molecule has 2 aromatic rings. The lowest BCUT2D eigenvalue weighted by Gasteiger charge is -2.40. The fourth-order valence-electron chi connectivity index (χ4n) is 3.95.